The molecular formula is C19H20Cl2N2O4. The molecule has 0 aliphatic heterocycles. The minimum absolute atomic E-state index is 0.197. The summed E-state index contributed by atoms with van der Waals surface area (Å²) in [7, 11) is 3.13. The summed E-state index contributed by atoms with van der Waals surface area (Å²) in [6.45, 7) is 0.230. The van der Waals surface area contributed by atoms with E-state index in [1.165, 1.54) is 6.21 Å². The smallest absolute Gasteiger partial charge is 0.260 e. The van der Waals surface area contributed by atoms with Crippen molar-refractivity contribution < 1.29 is 19.1 Å². The number of carbonyl (C=O) groups is 1. The van der Waals surface area contributed by atoms with E-state index in [0.29, 0.717) is 40.1 Å². The first kappa shape index (κ1) is 20.9. The Kier molecular flexibility index (Phi) is 8.23. The highest BCUT2D eigenvalue weighted by Crippen LogP contribution is 2.22. The van der Waals surface area contributed by atoms with Gasteiger partial charge in [-0.2, -0.15) is 0 Å². The Hall–Kier alpha value is -2.44. The molecule has 2 aromatic carbocycles. The maximum absolute atomic E-state index is 11.8. The highest BCUT2D eigenvalue weighted by molar-refractivity contribution is 6.35. The Labute approximate surface area is 168 Å². The van der Waals surface area contributed by atoms with Crippen LogP contribution < -0.4 is 14.8 Å². The number of ether oxygens (including phenoxy) is 2. The van der Waals surface area contributed by atoms with Crippen LogP contribution >= 0.6 is 23.2 Å². The fraction of sp³-hybridized carbons (Fsp3) is 0.263. The second-order valence-corrected chi connectivity index (χ2v) is 6.30. The Balaban J connectivity index is 1.76. The maximum Gasteiger partial charge on any atom is 0.260 e. The number of amides is 1. The number of benzene rings is 2. The molecule has 144 valence electrons. The van der Waals surface area contributed by atoms with Crippen LogP contribution in [-0.2, 0) is 16.1 Å². The summed E-state index contributed by atoms with van der Waals surface area (Å²) in [5.41, 5.74) is 1.58. The van der Waals surface area contributed by atoms with Crippen LogP contribution in [0.4, 0.5) is 0 Å². The molecule has 2 rings (SSSR count). The molecule has 0 aromatic heterocycles. The Morgan fingerprint density at radius 3 is 2.67 bits per heavy atom. The van der Waals surface area contributed by atoms with Gasteiger partial charge in [0.15, 0.2) is 6.61 Å². The molecule has 27 heavy (non-hydrogen) atoms. The molecule has 0 radical (unpaired) electrons. The summed E-state index contributed by atoms with van der Waals surface area (Å²) in [5, 5.41) is 7.69. The van der Waals surface area contributed by atoms with Gasteiger partial charge in [0, 0.05) is 22.2 Å². The van der Waals surface area contributed by atoms with Crippen LogP contribution in [0, 0.1) is 0 Å². The van der Waals surface area contributed by atoms with E-state index in [2.05, 4.69) is 10.5 Å². The monoisotopic (exact) mass is 410 g/mol. The number of hydrogen-bond donors (Lipinski definition) is 1. The first-order chi connectivity index (χ1) is 13.0. The number of oxime groups is 1. The van der Waals surface area contributed by atoms with Gasteiger partial charge >= 0.3 is 0 Å². The lowest BCUT2D eigenvalue weighted by Crippen LogP contribution is -2.28. The van der Waals surface area contributed by atoms with E-state index in [-0.39, 0.29) is 12.5 Å². The van der Waals surface area contributed by atoms with Crippen molar-refractivity contribution >= 4 is 35.3 Å². The van der Waals surface area contributed by atoms with Crippen LogP contribution in [0.5, 0.6) is 11.5 Å². The largest absolute Gasteiger partial charge is 0.497 e. The second kappa shape index (κ2) is 10.6. The summed E-state index contributed by atoms with van der Waals surface area (Å²) in [5.74, 6) is 0.998. The minimum atomic E-state index is -0.283. The molecule has 1 amide bonds. The van der Waals surface area contributed by atoms with Crippen LogP contribution in [0.25, 0.3) is 0 Å². The van der Waals surface area contributed by atoms with E-state index in [0.717, 1.165) is 5.56 Å². The standard InChI is InChI=1S/C19H20Cl2N2O4/c1-25-16-5-6-18(26-2)14(9-16)11-23-27-12-19(24)22-8-7-13-3-4-15(20)10-17(13)21/h3-6,9-11H,7-8,12H2,1-2H3,(H,22,24)/b23-11-. The molecule has 6 nitrogen and oxygen atoms in total. The van der Waals surface area contributed by atoms with Gasteiger partial charge in [0.1, 0.15) is 11.5 Å². The van der Waals surface area contributed by atoms with Gasteiger partial charge in [-0.25, -0.2) is 0 Å². The fourth-order valence-electron chi connectivity index (χ4n) is 2.24. The third-order valence-corrected chi connectivity index (χ3v) is 4.22. The van der Waals surface area contributed by atoms with Gasteiger partial charge in [0.2, 0.25) is 0 Å². The van der Waals surface area contributed by atoms with Gasteiger partial charge in [-0.1, -0.05) is 34.4 Å². The van der Waals surface area contributed by atoms with Crippen molar-refractivity contribution in [2.45, 2.75) is 6.42 Å². The van der Waals surface area contributed by atoms with E-state index < -0.39 is 0 Å². The average Bonchev–Trinajstić information content (AvgIpc) is 2.66. The highest BCUT2D eigenvalue weighted by Gasteiger charge is 2.05. The molecule has 0 unspecified atom stereocenters. The molecule has 0 aliphatic carbocycles. The lowest BCUT2D eigenvalue weighted by Gasteiger charge is -2.07. The molecule has 0 atom stereocenters. The van der Waals surface area contributed by atoms with E-state index in [4.69, 9.17) is 37.5 Å². The summed E-state index contributed by atoms with van der Waals surface area (Å²) < 4.78 is 10.4. The predicted molar refractivity (Wildman–Crippen MR) is 106 cm³/mol. The van der Waals surface area contributed by atoms with E-state index >= 15 is 0 Å². The van der Waals surface area contributed by atoms with Gasteiger partial charge < -0.3 is 19.6 Å². The normalized spacial score (nSPS) is 10.7. The topological polar surface area (TPSA) is 69.1 Å². The molecule has 8 heteroatoms. The molecule has 1 N–H and O–H groups in total. The first-order valence-electron chi connectivity index (χ1n) is 8.11. The average molecular weight is 411 g/mol. The predicted octanol–water partition coefficient (Wildman–Crippen LogP) is 3.72. The number of methoxy groups -OCH3 is 2. The summed E-state index contributed by atoms with van der Waals surface area (Å²) in [6.07, 6.45) is 2.05. The SMILES string of the molecule is COc1ccc(OC)c(/C=N\OCC(=O)NCCc2ccc(Cl)cc2Cl)c1. The van der Waals surface area contributed by atoms with Gasteiger partial charge in [-0.15, -0.1) is 0 Å². The van der Waals surface area contributed by atoms with Crippen molar-refractivity contribution in [3.05, 3.63) is 57.6 Å². The van der Waals surface area contributed by atoms with Gasteiger partial charge in [-0.05, 0) is 42.3 Å². The van der Waals surface area contributed by atoms with Crippen LogP contribution in [0.1, 0.15) is 11.1 Å². The number of hydrogen-bond acceptors (Lipinski definition) is 5. The number of rotatable bonds is 9. The Morgan fingerprint density at radius 2 is 1.96 bits per heavy atom. The van der Waals surface area contributed by atoms with Gasteiger partial charge in [0.25, 0.3) is 5.91 Å². The molecule has 0 saturated carbocycles. The van der Waals surface area contributed by atoms with Crippen molar-refractivity contribution in [2.24, 2.45) is 5.16 Å². The molecule has 0 spiro atoms. The number of nitrogens with zero attached hydrogens (tertiary/aromatic N) is 1. The van der Waals surface area contributed by atoms with E-state index in [1.54, 1.807) is 44.6 Å². The summed E-state index contributed by atoms with van der Waals surface area (Å²) >= 11 is 11.9. The van der Waals surface area contributed by atoms with Crippen LogP contribution in [0.15, 0.2) is 41.6 Å². The lowest BCUT2D eigenvalue weighted by atomic mass is 10.1. The molecule has 0 fully saturated rings. The molecule has 0 heterocycles. The summed E-state index contributed by atoms with van der Waals surface area (Å²) in [6, 6.07) is 10.5. The lowest BCUT2D eigenvalue weighted by molar-refractivity contribution is -0.125. The van der Waals surface area contributed by atoms with Crippen molar-refractivity contribution in [3.63, 3.8) is 0 Å². The third-order valence-electron chi connectivity index (χ3n) is 3.63. The van der Waals surface area contributed by atoms with E-state index in [1.807, 2.05) is 6.07 Å². The summed E-state index contributed by atoms with van der Waals surface area (Å²) in [4.78, 5) is 16.8. The number of nitrogens with one attached hydrogen (secondary N) is 1. The Morgan fingerprint density at radius 1 is 1.15 bits per heavy atom. The second-order valence-electron chi connectivity index (χ2n) is 5.45. The zero-order valence-corrected chi connectivity index (χ0v) is 16.5. The molecule has 0 bridgehead atoms. The zero-order valence-electron chi connectivity index (χ0n) is 15.0. The number of carbonyl (C=O) groups excluding carboxylic acids is 1. The zero-order chi connectivity index (χ0) is 19.6. The molecular weight excluding hydrogens is 391 g/mol. The van der Waals surface area contributed by atoms with Crippen molar-refractivity contribution in [2.75, 3.05) is 27.4 Å². The first-order valence-corrected chi connectivity index (χ1v) is 8.87. The Bertz CT molecular complexity index is 812. The number of halogens is 2. The minimum Gasteiger partial charge on any atom is -0.497 e. The van der Waals surface area contributed by atoms with Gasteiger partial charge in [0.05, 0.1) is 20.4 Å². The quantitative estimate of drug-likeness (QED) is 0.505. The fourth-order valence-corrected chi connectivity index (χ4v) is 2.75. The third kappa shape index (κ3) is 6.66. The highest BCUT2D eigenvalue weighted by atomic mass is 35.5. The van der Waals surface area contributed by atoms with Crippen molar-refractivity contribution in [1.82, 2.24) is 5.32 Å². The molecule has 0 aliphatic rings. The maximum atomic E-state index is 11.8. The van der Waals surface area contributed by atoms with Gasteiger partial charge in [-0.3, -0.25) is 4.79 Å². The molecule has 0 saturated heterocycles. The van der Waals surface area contributed by atoms with Crippen LogP contribution in [0.3, 0.4) is 0 Å². The molecule has 2 aromatic rings. The van der Waals surface area contributed by atoms with Crippen LogP contribution in [0.2, 0.25) is 10.0 Å². The van der Waals surface area contributed by atoms with Crippen LogP contribution in [-0.4, -0.2) is 39.5 Å². The van der Waals surface area contributed by atoms with Crippen molar-refractivity contribution in [3.8, 4) is 11.5 Å². The van der Waals surface area contributed by atoms with Crippen molar-refractivity contribution in [1.29, 1.82) is 0 Å². The van der Waals surface area contributed by atoms with E-state index in [9.17, 15) is 4.79 Å².